The van der Waals surface area contributed by atoms with Crippen LogP contribution in [0.25, 0.3) is 5.69 Å². The lowest BCUT2D eigenvalue weighted by molar-refractivity contribution is -0.138. The molecule has 0 bridgehead atoms. The summed E-state index contributed by atoms with van der Waals surface area (Å²) in [6, 6.07) is 3.77. The molecule has 3 nitrogen and oxygen atoms in total. The summed E-state index contributed by atoms with van der Waals surface area (Å²) in [6.07, 6.45) is -1.18. The molecule has 0 spiro atoms. The second kappa shape index (κ2) is 4.74. The topological polar surface area (TPSA) is 43.8 Å². The second-order valence-electron chi connectivity index (χ2n) is 3.65. The predicted molar refractivity (Wildman–Crippen MR) is 64.2 cm³/mol. The van der Waals surface area contributed by atoms with Gasteiger partial charge in [-0.25, -0.2) is 4.68 Å². The van der Waals surface area contributed by atoms with Crippen molar-refractivity contribution in [3.8, 4) is 5.69 Å². The van der Waals surface area contributed by atoms with Gasteiger partial charge in [0.2, 0.25) is 0 Å². The van der Waals surface area contributed by atoms with Crippen molar-refractivity contribution in [2.75, 3.05) is 0 Å². The number of rotatable bonds is 2. The lowest BCUT2D eigenvalue weighted by Crippen LogP contribution is -2.12. The summed E-state index contributed by atoms with van der Waals surface area (Å²) in [6.45, 7) is -0.175. The molecule has 0 radical (unpaired) electrons. The van der Waals surface area contributed by atoms with E-state index in [0.29, 0.717) is 5.69 Å². The van der Waals surface area contributed by atoms with Crippen LogP contribution in [-0.2, 0) is 12.7 Å². The summed E-state index contributed by atoms with van der Waals surface area (Å²) in [5, 5.41) is 4.00. The van der Waals surface area contributed by atoms with E-state index in [1.807, 2.05) is 0 Å². The van der Waals surface area contributed by atoms with Crippen molar-refractivity contribution in [1.29, 1.82) is 0 Å². The number of aromatic nitrogens is 2. The SMILES string of the molecule is NCc1cc(-n2cc(Br)cn2)ccc1C(F)(F)F. The highest BCUT2D eigenvalue weighted by Gasteiger charge is 2.32. The Morgan fingerprint density at radius 3 is 2.56 bits per heavy atom. The number of halogens is 4. The van der Waals surface area contributed by atoms with Gasteiger partial charge in [0.25, 0.3) is 0 Å². The first-order valence-corrected chi connectivity index (χ1v) is 5.82. The first-order valence-electron chi connectivity index (χ1n) is 5.02. The van der Waals surface area contributed by atoms with E-state index >= 15 is 0 Å². The monoisotopic (exact) mass is 319 g/mol. The molecule has 7 heteroatoms. The highest BCUT2D eigenvalue weighted by atomic mass is 79.9. The Balaban J connectivity index is 2.48. The van der Waals surface area contributed by atoms with Crippen LogP contribution in [-0.4, -0.2) is 9.78 Å². The molecule has 96 valence electrons. The van der Waals surface area contributed by atoms with Gasteiger partial charge >= 0.3 is 6.18 Å². The molecule has 1 heterocycles. The van der Waals surface area contributed by atoms with Crippen LogP contribution >= 0.6 is 15.9 Å². The molecule has 2 N–H and O–H groups in total. The van der Waals surface area contributed by atoms with Crippen LogP contribution in [0.4, 0.5) is 13.2 Å². The van der Waals surface area contributed by atoms with Crippen LogP contribution < -0.4 is 5.73 Å². The summed E-state index contributed by atoms with van der Waals surface area (Å²) in [5.41, 5.74) is 5.24. The average Bonchev–Trinajstić information content (AvgIpc) is 2.74. The lowest BCUT2D eigenvalue weighted by atomic mass is 10.1. The van der Waals surface area contributed by atoms with Crippen molar-refractivity contribution < 1.29 is 13.2 Å². The summed E-state index contributed by atoms with van der Waals surface area (Å²) < 4.78 is 40.3. The third-order valence-electron chi connectivity index (χ3n) is 2.43. The van der Waals surface area contributed by atoms with Crippen LogP contribution in [0.5, 0.6) is 0 Å². The van der Waals surface area contributed by atoms with Gasteiger partial charge in [0, 0.05) is 12.7 Å². The van der Waals surface area contributed by atoms with Crippen LogP contribution in [0.2, 0.25) is 0 Å². The standard InChI is InChI=1S/C11H9BrF3N3/c12-8-5-17-18(6-8)9-1-2-10(11(13,14)15)7(3-9)4-16/h1-3,5-6H,4,16H2. The Hall–Kier alpha value is -1.34. The van der Waals surface area contributed by atoms with Crippen molar-refractivity contribution in [3.05, 3.63) is 46.2 Å². The van der Waals surface area contributed by atoms with Crippen molar-refractivity contribution in [2.24, 2.45) is 5.73 Å². The minimum atomic E-state index is -4.39. The second-order valence-corrected chi connectivity index (χ2v) is 4.56. The van der Waals surface area contributed by atoms with Crippen molar-refractivity contribution in [2.45, 2.75) is 12.7 Å². The highest BCUT2D eigenvalue weighted by Crippen LogP contribution is 2.32. The molecule has 0 fully saturated rings. The van der Waals surface area contributed by atoms with E-state index in [1.54, 1.807) is 12.4 Å². The van der Waals surface area contributed by atoms with Gasteiger partial charge in [-0.05, 0) is 39.7 Å². The van der Waals surface area contributed by atoms with Gasteiger partial charge in [-0.3, -0.25) is 0 Å². The summed E-state index contributed by atoms with van der Waals surface area (Å²) >= 11 is 3.22. The minimum absolute atomic E-state index is 0.0478. The van der Waals surface area contributed by atoms with Gasteiger partial charge < -0.3 is 5.73 Å². The molecule has 0 aliphatic carbocycles. The third-order valence-corrected chi connectivity index (χ3v) is 2.84. The molecule has 2 rings (SSSR count). The zero-order chi connectivity index (χ0) is 13.3. The molecule has 0 unspecified atom stereocenters. The fraction of sp³-hybridized carbons (Fsp3) is 0.182. The number of hydrogen-bond acceptors (Lipinski definition) is 2. The highest BCUT2D eigenvalue weighted by molar-refractivity contribution is 9.10. The van der Waals surface area contributed by atoms with Crippen LogP contribution in [0.1, 0.15) is 11.1 Å². The summed E-state index contributed by atoms with van der Waals surface area (Å²) in [4.78, 5) is 0. The van der Waals surface area contributed by atoms with Gasteiger partial charge in [-0.2, -0.15) is 18.3 Å². The molecule has 0 aliphatic heterocycles. The molecule has 0 amide bonds. The number of hydrogen-bond donors (Lipinski definition) is 1. The van der Waals surface area contributed by atoms with Crippen LogP contribution in [0.15, 0.2) is 35.1 Å². The van der Waals surface area contributed by atoms with Crippen LogP contribution in [0.3, 0.4) is 0 Å². The number of nitrogens with two attached hydrogens (primary N) is 1. The fourth-order valence-electron chi connectivity index (χ4n) is 1.61. The summed E-state index contributed by atoms with van der Waals surface area (Å²) in [7, 11) is 0. The molecule has 1 aromatic carbocycles. The van der Waals surface area contributed by atoms with E-state index in [-0.39, 0.29) is 12.1 Å². The molecule has 0 aliphatic rings. The molecule has 0 saturated carbocycles. The smallest absolute Gasteiger partial charge is 0.326 e. The van der Waals surface area contributed by atoms with E-state index in [9.17, 15) is 13.2 Å². The van der Waals surface area contributed by atoms with Crippen molar-refractivity contribution >= 4 is 15.9 Å². The quantitative estimate of drug-likeness (QED) is 0.924. The Labute approximate surface area is 110 Å². The zero-order valence-corrected chi connectivity index (χ0v) is 10.7. The minimum Gasteiger partial charge on any atom is -0.326 e. The first kappa shape index (κ1) is 13.1. The Morgan fingerprint density at radius 1 is 1.33 bits per heavy atom. The summed E-state index contributed by atoms with van der Waals surface area (Å²) in [5.74, 6) is 0. The van der Waals surface area contributed by atoms with Crippen LogP contribution in [0, 0.1) is 0 Å². The largest absolute Gasteiger partial charge is 0.416 e. The average molecular weight is 320 g/mol. The normalized spacial score (nSPS) is 11.8. The Morgan fingerprint density at radius 2 is 2.06 bits per heavy atom. The van der Waals surface area contributed by atoms with Crippen molar-refractivity contribution in [3.63, 3.8) is 0 Å². The van der Waals surface area contributed by atoms with Gasteiger partial charge in [-0.1, -0.05) is 0 Å². The number of nitrogens with zero attached hydrogens (tertiary/aromatic N) is 2. The van der Waals surface area contributed by atoms with Gasteiger partial charge in [0.1, 0.15) is 0 Å². The van der Waals surface area contributed by atoms with E-state index in [4.69, 9.17) is 5.73 Å². The molecule has 0 atom stereocenters. The molecule has 2 aromatic rings. The van der Waals surface area contributed by atoms with Crippen molar-refractivity contribution in [1.82, 2.24) is 9.78 Å². The van der Waals surface area contributed by atoms with Gasteiger partial charge in [-0.15, -0.1) is 0 Å². The maximum absolute atomic E-state index is 12.7. The Kier molecular flexibility index (Phi) is 3.45. The molecular weight excluding hydrogens is 311 g/mol. The van der Waals surface area contributed by atoms with E-state index in [2.05, 4.69) is 21.0 Å². The Bertz CT molecular complexity index is 563. The molecule has 18 heavy (non-hydrogen) atoms. The molecule has 1 aromatic heterocycles. The van der Waals surface area contributed by atoms with E-state index < -0.39 is 11.7 Å². The van der Waals surface area contributed by atoms with Gasteiger partial charge in [0.05, 0.1) is 21.9 Å². The lowest BCUT2D eigenvalue weighted by Gasteiger charge is -2.13. The number of benzene rings is 1. The zero-order valence-electron chi connectivity index (χ0n) is 9.08. The van der Waals surface area contributed by atoms with Gasteiger partial charge in [0.15, 0.2) is 0 Å². The maximum Gasteiger partial charge on any atom is 0.416 e. The van der Waals surface area contributed by atoms with E-state index in [1.165, 1.54) is 16.8 Å². The number of alkyl halides is 3. The predicted octanol–water partition coefficient (Wildman–Crippen LogP) is 3.11. The fourth-order valence-corrected chi connectivity index (χ4v) is 1.90. The molecule has 0 saturated heterocycles. The first-order chi connectivity index (χ1) is 8.41. The molecular formula is C11H9BrF3N3. The third kappa shape index (κ3) is 2.56. The van der Waals surface area contributed by atoms with E-state index in [0.717, 1.165) is 10.5 Å². The maximum atomic E-state index is 12.7.